The average Bonchev–Trinajstić information content (AvgIpc) is 2.66. The first-order valence-electron chi connectivity index (χ1n) is 6.64. The number of carbonyl (C=O) groups is 2. The summed E-state index contributed by atoms with van der Waals surface area (Å²) in [5, 5.41) is 2.94. The SMILES string of the molecule is CC(C)(C)NC(=O)c1ccccc1N1CC(Br)CC1=O. The molecule has 1 fully saturated rings. The van der Waals surface area contributed by atoms with Crippen molar-refractivity contribution in [1.29, 1.82) is 0 Å². The molecule has 108 valence electrons. The minimum absolute atomic E-state index is 0.0443. The smallest absolute Gasteiger partial charge is 0.253 e. The van der Waals surface area contributed by atoms with Gasteiger partial charge in [0.05, 0.1) is 11.3 Å². The third-order valence-electron chi connectivity index (χ3n) is 3.01. The number of benzene rings is 1. The summed E-state index contributed by atoms with van der Waals surface area (Å²) in [4.78, 5) is 26.2. The van der Waals surface area contributed by atoms with E-state index in [1.54, 1.807) is 11.0 Å². The summed E-state index contributed by atoms with van der Waals surface area (Å²) in [5.41, 5.74) is 0.913. The van der Waals surface area contributed by atoms with Gasteiger partial charge in [0.15, 0.2) is 0 Å². The first-order chi connectivity index (χ1) is 9.28. The first kappa shape index (κ1) is 15.0. The van der Waals surface area contributed by atoms with E-state index in [0.717, 1.165) is 0 Å². The van der Waals surface area contributed by atoms with Crippen molar-refractivity contribution in [3.8, 4) is 0 Å². The van der Waals surface area contributed by atoms with E-state index in [2.05, 4.69) is 21.2 Å². The van der Waals surface area contributed by atoms with Crippen molar-refractivity contribution in [2.24, 2.45) is 0 Å². The van der Waals surface area contributed by atoms with E-state index in [9.17, 15) is 9.59 Å². The zero-order chi connectivity index (χ0) is 14.9. The van der Waals surface area contributed by atoms with Crippen LogP contribution in [0.3, 0.4) is 0 Å². The molecule has 2 amide bonds. The van der Waals surface area contributed by atoms with Gasteiger partial charge in [-0.3, -0.25) is 9.59 Å². The van der Waals surface area contributed by atoms with Crippen molar-refractivity contribution in [2.75, 3.05) is 11.4 Å². The maximum absolute atomic E-state index is 12.4. The number of nitrogens with one attached hydrogen (secondary N) is 1. The van der Waals surface area contributed by atoms with Gasteiger partial charge in [0, 0.05) is 23.3 Å². The normalized spacial score (nSPS) is 19.3. The second-order valence-electron chi connectivity index (χ2n) is 6.03. The highest BCUT2D eigenvalue weighted by Gasteiger charge is 2.31. The topological polar surface area (TPSA) is 49.4 Å². The molecule has 0 spiro atoms. The molecule has 1 aromatic carbocycles. The number of carbonyl (C=O) groups excluding carboxylic acids is 2. The molecule has 0 radical (unpaired) electrons. The predicted molar refractivity (Wildman–Crippen MR) is 83.3 cm³/mol. The first-order valence-corrected chi connectivity index (χ1v) is 7.55. The molecule has 4 nitrogen and oxygen atoms in total. The molecular weight excluding hydrogens is 320 g/mol. The third-order valence-corrected chi connectivity index (χ3v) is 3.62. The maximum Gasteiger partial charge on any atom is 0.253 e. The fourth-order valence-electron chi connectivity index (χ4n) is 2.21. The predicted octanol–water partition coefficient (Wildman–Crippen LogP) is 2.72. The molecule has 1 unspecified atom stereocenters. The van der Waals surface area contributed by atoms with Gasteiger partial charge in [-0.25, -0.2) is 0 Å². The highest BCUT2D eigenvalue weighted by Crippen LogP contribution is 2.28. The van der Waals surface area contributed by atoms with Crippen LogP contribution in [0.1, 0.15) is 37.6 Å². The summed E-state index contributed by atoms with van der Waals surface area (Å²) in [7, 11) is 0. The minimum atomic E-state index is -0.308. The Labute approximate surface area is 127 Å². The van der Waals surface area contributed by atoms with Gasteiger partial charge in [-0.2, -0.15) is 0 Å². The number of alkyl halides is 1. The van der Waals surface area contributed by atoms with Crippen molar-refractivity contribution in [1.82, 2.24) is 5.32 Å². The van der Waals surface area contributed by atoms with Crippen LogP contribution in [0.15, 0.2) is 24.3 Å². The number of halogens is 1. The fourth-order valence-corrected chi connectivity index (χ4v) is 2.77. The number of nitrogens with zero attached hydrogens (tertiary/aromatic N) is 1. The molecule has 1 aliphatic rings. The van der Waals surface area contributed by atoms with Crippen LogP contribution in [0.5, 0.6) is 0 Å². The van der Waals surface area contributed by atoms with Crippen LogP contribution in [-0.2, 0) is 4.79 Å². The Kier molecular flexibility index (Phi) is 4.18. The van der Waals surface area contributed by atoms with Crippen LogP contribution >= 0.6 is 15.9 Å². The van der Waals surface area contributed by atoms with Crippen LogP contribution in [0.4, 0.5) is 5.69 Å². The van der Waals surface area contributed by atoms with E-state index < -0.39 is 0 Å². The number of amides is 2. The highest BCUT2D eigenvalue weighted by molar-refractivity contribution is 9.09. The second kappa shape index (κ2) is 5.56. The summed E-state index contributed by atoms with van der Waals surface area (Å²) >= 11 is 3.46. The maximum atomic E-state index is 12.4. The Bertz CT molecular complexity index is 537. The number of rotatable bonds is 2. The second-order valence-corrected chi connectivity index (χ2v) is 7.32. The van der Waals surface area contributed by atoms with E-state index in [-0.39, 0.29) is 22.2 Å². The standard InChI is InChI=1S/C15H19BrN2O2/c1-15(2,3)17-14(20)11-6-4-5-7-12(11)18-9-10(16)8-13(18)19/h4-7,10H,8-9H2,1-3H3,(H,17,20). The Morgan fingerprint density at radius 3 is 2.55 bits per heavy atom. The molecule has 0 aliphatic carbocycles. The Hall–Kier alpha value is -1.36. The highest BCUT2D eigenvalue weighted by atomic mass is 79.9. The van der Waals surface area contributed by atoms with Gasteiger partial charge >= 0.3 is 0 Å². The lowest BCUT2D eigenvalue weighted by Gasteiger charge is -2.24. The molecule has 0 saturated carbocycles. The molecule has 0 bridgehead atoms. The quantitative estimate of drug-likeness (QED) is 0.843. The molecule has 1 atom stereocenters. The number of hydrogen-bond acceptors (Lipinski definition) is 2. The van der Waals surface area contributed by atoms with Gasteiger partial charge in [0.1, 0.15) is 0 Å². The molecule has 0 aromatic heterocycles. The van der Waals surface area contributed by atoms with Crippen LogP contribution in [-0.4, -0.2) is 28.7 Å². The van der Waals surface area contributed by atoms with E-state index in [1.165, 1.54) is 0 Å². The van der Waals surface area contributed by atoms with Crippen LogP contribution in [0.25, 0.3) is 0 Å². The number of hydrogen-bond donors (Lipinski definition) is 1. The minimum Gasteiger partial charge on any atom is -0.347 e. The largest absolute Gasteiger partial charge is 0.347 e. The van der Waals surface area contributed by atoms with E-state index in [1.807, 2.05) is 39.0 Å². The fraction of sp³-hybridized carbons (Fsp3) is 0.467. The van der Waals surface area contributed by atoms with Crippen molar-refractivity contribution in [3.05, 3.63) is 29.8 Å². The molecule has 20 heavy (non-hydrogen) atoms. The zero-order valence-electron chi connectivity index (χ0n) is 11.9. The van der Waals surface area contributed by atoms with Gasteiger partial charge in [-0.1, -0.05) is 28.1 Å². The Morgan fingerprint density at radius 2 is 2.00 bits per heavy atom. The van der Waals surface area contributed by atoms with E-state index >= 15 is 0 Å². The van der Waals surface area contributed by atoms with E-state index in [4.69, 9.17) is 0 Å². The van der Waals surface area contributed by atoms with Gasteiger partial charge in [0.2, 0.25) is 5.91 Å². The van der Waals surface area contributed by atoms with Gasteiger partial charge < -0.3 is 10.2 Å². The number of para-hydroxylation sites is 1. The monoisotopic (exact) mass is 338 g/mol. The van der Waals surface area contributed by atoms with Crippen LogP contribution in [0, 0.1) is 0 Å². The van der Waals surface area contributed by atoms with E-state index in [0.29, 0.717) is 24.2 Å². The lowest BCUT2D eigenvalue weighted by atomic mass is 10.1. The van der Waals surface area contributed by atoms with Crippen molar-refractivity contribution >= 4 is 33.4 Å². The lowest BCUT2D eigenvalue weighted by molar-refractivity contribution is -0.117. The lowest BCUT2D eigenvalue weighted by Crippen LogP contribution is -2.41. The van der Waals surface area contributed by atoms with Crippen molar-refractivity contribution < 1.29 is 9.59 Å². The molecule has 1 saturated heterocycles. The summed E-state index contributed by atoms with van der Waals surface area (Å²) in [6, 6.07) is 7.23. The third kappa shape index (κ3) is 3.39. The summed E-state index contributed by atoms with van der Waals surface area (Å²) in [6.07, 6.45) is 0.467. The van der Waals surface area contributed by atoms with Gasteiger partial charge in [0.25, 0.3) is 5.91 Å². The van der Waals surface area contributed by atoms with Crippen molar-refractivity contribution in [2.45, 2.75) is 37.6 Å². The number of anilines is 1. The summed E-state index contributed by atoms with van der Waals surface area (Å²) in [6.45, 7) is 6.40. The molecule has 1 N–H and O–H groups in total. The summed E-state index contributed by atoms with van der Waals surface area (Å²) < 4.78 is 0. The zero-order valence-corrected chi connectivity index (χ0v) is 13.5. The molecule has 2 rings (SSSR count). The van der Waals surface area contributed by atoms with Gasteiger partial charge in [-0.15, -0.1) is 0 Å². The molecule has 1 heterocycles. The molecule has 1 aromatic rings. The summed E-state index contributed by atoms with van der Waals surface area (Å²) in [5.74, 6) is -0.109. The van der Waals surface area contributed by atoms with Crippen molar-refractivity contribution in [3.63, 3.8) is 0 Å². The van der Waals surface area contributed by atoms with Crippen LogP contribution in [0.2, 0.25) is 0 Å². The van der Waals surface area contributed by atoms with Gasteiger partial charge in [-0.05, 0) is 32.9 Å². The molecule has 5 heteroatoms. The Balaban J connectivity index is 2.31. The van der Waals surface area contributed by atoms with Crippen LogP contribution < -0.4 is 10.2 Å². The average molecular weight is 339 g/mol. The molecule has 1 aliphatic heterocycles. The molecular formula is C15H19BrN2O2. The Morgan fingerprint density at radius 1 is 1.35 bits per heavy atom.